The fourth-order valence-corrected chi connectivity index (χ4v) is 3.07. The van der Waals surface area contributed by atoms with Crippen molar-refractivity contribution < 1.29 is 19.4 Å². The van der Waals surface area contributed by atoms with Crippen LogP contribution in [0.5, 0.6) is 11.5 Å². The van der Waals surface area contributed by atoms with Gasteiger partial charge in [-0.1, -0.05) is 23.7 Å². The molecular formula is C24H27ClN4O4. The lowest BCUT2D eigenvalue weighted by atomic mass is 10.1. The van der Waals surface area contributed by atoms with Crippen LogP contribution in [0.2, 0.25) is 5.02 Å². The van der Waals surface area contributed by atoms with Gasteiger partial charge in [-0.2, -0.15) is 5.10 Å². The van der Waals surface area contributed by atoms with E-state index in [1.54, 1.807) is 60.8 Å². The predicted molar refractivity (Wildman–Crippen MR) is 131 cm³/mol. The molecule has 0 aliphatic heterocycles. The topological polar surface area (TPSA) is 88.3 Å². The first-order valence-electron chi connectivity index (χ1n) is 10.3. The van der Waals surface area contributed by atoms with Crippen LogP contribution in [0.15, 0.2) is 59.8 Å². The molecule has 0 saturated heterocycles. The van der Waals surface area contributed by atoms with E-state index in [-0.39, 0.29) is 12.5 Å². The Morgan fingerprint density at radius 1 is 1.18 bits per heavy atom. The Labute approximate surface area is 198 Å². The van der Waals surface area contributed by atoms with E-state index in [1.165, 1.54) is 11.8 Å². The average molecular weight is 471 g/mol. The molecule has 0 aliphatic rings. The maximum atomic E-state index is 13.1. The van der Waals surface area contributed by atoms with Crippen LogP contribution >= 0.6 is 11.6 Å². The van der Waals surface area contributed by atoms with Gasteiger partial charge in [-0.05, 0) is 42.8 Å². The minimum Gasteiger partial charge on any atom is -0.493 e. The van der Waals surface area contributed by atoms with Crippen LogP contribution in [-0.4, -0.2) is 60.8 Å². The molecule has 3 aromatic rings. The Balaban J connectivity index is 1.88. The summed E-state index contributed by atoms with van der Waals surface area (Å²) < 4.78 is 12.4. The molecule has 3 rings (SSSR count). The first kappa shape index (κ1) is 24.2. The molecule has 0 radical (unpaired) electrons. The van der Waals surface area contributed by atoms with Crippen molar-refractivity contribution in [3.63, 3.8) is 0 Å². The fraction of sp³-hybridized carbons (Fsp3) is 0.250. The summed E-state index contributed by atoms with van der Waals surface area (Å²) in [5, 5.41) is 17.3. The third-order valence-electron chi connectivity index (χ3n) is 4.52. The molecule has 0 unspecified atom stereocenters. The van der Waals surface area contributed by atoms with E-state index in [2.05, 4.69) is 10.4 Å². The maximum Gasteiger partial charge on any atom is 0.274 e. The Morgan fingerprint density at radius 3 is 2.55 bits per heavy atom. The molecule has 33 heavy (non-hydrogen) atoms. The van der Waals surface area contributed by atoms with Crippen molar-refractivity contribution in [1.82, 2.24) is 9.58 Å². The summed E-state index contributed by atoms with van der Waals surface area (Å²) in [6.07, 6.45) is 2.78. The minimum atomic E-state index is -0.612. The molecule has 0 aliphatic carbocycles. The highest BCUT2D eigenvalue weighted by Crippen LogP contribution is 2.31. The van der Waals surface area contributed by atoms with Crippen LogP contribution in [0.3, 0.4) is 0 Å². The third-order valence-corrected chi connectivity index (χ3v) is 4.77. The SMILES string of the molecule is COc1cc(NC(=O)c2cc(-c3ccc(Cl)cc3)cn2N=CN(C)C)ccc1OC[C@@H](C)O. The lowest BCUT2D eigenvalue weighted by Gasteiger charge is -2.14. The number of aliphatic hydroxyl groups excluding tert-OH is 1. The van der Waals surface area contributed by atoms with Crippen molar-refractivity contribution >= 4 is 29.5 Å². The number of methoxy groups -OCH3 is 1. The van der Waals surface area contributed by atoms with Gasteiger partial charge < -0.3 is 24.8 Å². The molecule has 0 fully saturated rings. The van der Waals surface area contributed by atoms with Crippen molar-refractivity contribution in [3.05, 3.63) is 65.4 Å². The van der Waals surface area contributed by atoms with E-state index >= 15 is 0 Å². The summed E-state index contributed by atoms with van der Waals surface area (Å²) >= 11 is 6.00. The second-order valence-corrected chi connectivity index (χ2v) is 8.08. The number of hydrogen-bond acceptors (Lipinski definition) is 5. The second-order valence-electron chi connectivity index (χ2n) is 7.64. The highest BCUT2D eigenvalue weighted by Gasteiger charge is 2.16. The Kier molecular flexibility index (Phi) is 7.97. The summed E-state index contributed by atoms with van der Waals surface area (Å²) in [7, 11) is 5.20. The van der Waals surface area contributed by atoms with Gasteiger partial charge in [-0.15, -0.1) is 0 Å². The molecule has 1 atom stereocenters. The maximum absolute atomic E-state index is 13.1. The van der Waals surface area contributed by atoms with Gasteiger partial charge >= 0.3 is 0 Å². The quantitative estimate of drug-likeness (QED) is 0.362. The van der Waals surface area contributed by atoms with Gasteiger partial charge in [-0.3, -0.25) is 4.79 Å². The number of carbonyl (C=O) groups is 1. The van der Waals surface area contributed by atoms with Crippen LogP contribution in [0, 0.1) is 0 Å². The van der Waals surface area contributed by atoms with Crippen LogP contribution in [0.4, 0.5) is 5.69 Å². The standard InChI is InChI=1S/C24H27ClN4O4/c1-16(30)14-33-22-10-9-20(12-23(22)32-4)27-24(31)21-11-18(13-29(21)26-15-28(2)3)17-5-7-19(25)8-6-17/h5-13,15-16,30H,14H2,1-4H3,(H,27,31)/t16-/m1/s1. The number of aliphatic hydroxyl groups is 1. The van der Waals surface area contributed by atoms with Crippen LogP contribution in [0.1, 0.15) is 17.4 Å². The van der Waals surface area contributed by atoms with Gasteiger partial charge in [-0.25, -0.2) is 4.68 Å². The zero-order valence-electron chi connectivity index (χ0n) is 18.9. The predicted octanol–water partition coefficient (Wildman–Crippen LogP) is 4.18. The normalized spacial score (nSPS) is 11.9. The zero-order valence-corrected chi connectivity index (χ0v) is 19.7. The Bertz CT molecular complexity index is 1120. The molecule has 2 aromatic carbocycles. The van der Waals surface area contributed by atoms with Crippen LogP contribution in [0.25, 0.3) is 11.1 Å². The van der Waals surface area contributed by atoms with E-state index in [0.717, 1.165) is 11.1 Å². The van der Waals surface area contributed by atoms with Crippen molar-refractivity contribution in [2.75, 3.05) is 33.1 Å². The summed E-state index contributed by atoms with van der Waals surface area (Å²) in [5.74, 6) is 0.572. The number of halogens is 1. The van der Waals surface area contributed by atoms with Crippen molar-refractivity contribution in [2.24, 2.45) is 5.10 Å². The van der Waals surface area contributed by atoms with Crippen molar-refractivity contribution in [2.45, 2.75) is 13.0 Å². The van der Waals surface area contributed by atoms with E-state index in [9.17, 15) is 9.90 Å². The smallest absolute Gasteiger partial charge is 0.274 e. The summed E-state index contributed by atoms with van der Waals surface area (Å²) in [6, 6.07) is 14.2. The van der Waals surface area contributed by atoms with E-state index < -0.39 is 6.10 Å². The third kappa shape index (κ3) is 6.50. The van der Waals surface area contributed by atoms with Gasteiger partial charge in [0.05, 0.1) is 13.2 Å². The van der Waals surface area contributed by atoms with E-state index in [0.29, 0.717) is 27.9 Å². The molecule has 1 amide bonds. The summed E-state index contributed by atoms with van der Waals surface area (Å²) in [6.45, 7) is 1.76. The van der Waals surface area contributed by atoms with Gasteiger partial charge in [0.25, 0.3) is 5.91 Å². The van der Waals surface area contributed by atoms with Gasteiger partial charge in [0, 0.05) is 42.6 Å². The lowest BCUT2D eigenvalue weighted by molar-refractivity contribution is 0.101. The van der Waals surface area contributed by atoms with Gasteiger partial charge in [0.1, 0.15) is 18.6 Å². The molecule has 0 bridgehead atoms. The molecule has 0 spiro atoms. The highest BCUT2D eigenvalue weighted by atomic mass is 35.5. The Hall–Kier alpha value is -3.49. The van der Waals surface area contributed by atoms with Crippen LogP contribution < -0.4 is 14.8 Å². The zero-order chi connectivity index (χ0) is 24.0. The molecule has 1 heterocycles. The number of carbonyl (C=O) groups excluding carboxylic acids is 1. The van der Waals surface area contributed by atoms with Crippen molar-refractivity contribution in [1.29, 1.82) is 0 Å². The number of nitrogens with one attached hydrogen (secondary N) is 1. The van der Waals surface area contributed by atoms with Gasteiger partial charge in [0.2, 0.25) is 0 Å². The van der Waals surface area contributed by atoms with E-state index in [1.807, 2.05) is 26.2 Å². The number of anilines is 1. The van der Waals surface area contributed by atoms with Crippen molar-refractivity contribution in [3.8, 4) is 22.6 Å². The average Bonchev–Trinajstić information content (AvgIpc) is 3.21. The number of hydrogen-bond donors (Lipinski definition) is 2. The molecule has 2 N–H and O–H groups in total. The minimum absolute atomic E-state index is 0.132. The highest BCUT2D eigenvalue weighted by molar-refractivity contribution is 6.30. The largest absolute Gasteiger partial charge is 0.493 e. The first-order valence-corrected chi connectivity index (χ1v) is 10.6. The Morgan fingerprint density at radius 2 is 1.91 bits per heavy atom. The number of aromatic nitrogens is 1. The van der Waals surface area contributed by atoms with E-state index in [4.69, 9.17) is 21.1 Å². The molecule has 1 aromatic heterocycles. The summed E-state index contributed by atoms with van der Waals surface area (Å²) in [5.41, 5.74) is 2.62. The first-order chi connectivity index (χ1) is 15.8. The summed E-state index contributed by atoms with van der Waals surface area (Å²) in [4.78, 5) is 14.9. The number of nitrogens with zero attached hydrogens (tertiary/aromatic N) is 3. The number of rotatable bonds is 9. The molecule has 0 saturated carbocycles. The molecule has 174 valence electrons. The van der Waals surface area contributed by atoms with Crippen LogP contribution in [-0.2, 0) is 0 Å². The fourth-order valence-electron chi connectivity index (χ4n) is 2.95. The van der Waals surface area contributed by atoms with Gasteiger partial charge in [0.15, 0.2) is 11.5 Å². The molecule has 8 nitrogen and oxygen atoms in total. The molecule has 9 heteroatoms. The number of amides is 1. The monoisotopic (exact) mass is 470 g/mol. The second kappa shape index (κ2) is 10.9. The number of ether oxygens (including phenoxy) is 2. The lowest BCUT2D eigenvalue weighted by Crippen LogP contribution is -2.17. The number of benzene rings is 2. The molecular weight excluding hydrogens is 444 g/mol.